The molecule has 146 valence electrons. The Kier molecular flexibility index (Phi) is 8.11. The van der Waals surface area contributed by atoms with E-state index in [4.69, 9.17) is 4.74 Å². The van der Waals surface area contributed by atoms with E-state index in [1.807, 2.05) is 54.6 Å². The zero-order valence-electron chi connectivity index (χ0n) is 16.7. The van der Waals surface area contributed by atoms with Crippen LogP contribution in [0.2, 0.25) is 0 Å². The van der Waals surface area contributed by atoms with E-state index in [9.17, 15) is 10.1 Å². The number of methoxy groups -OCH3 is 1. The molecule has 0 aliphatic heterocycles. The largest absolute Gasteiger partial charge is 0.496 e. The summed E-state index contributed by atoms with van der Waals surface area (Å²) in [5, 5.41) is 12.2. The van der Waals surface area contributed by atoms with Crippen LogP contribution in [0.3, 0.4) is 0 Å². The van der Waals surface area contributed by atoms with Crippen molar-refractivity contribution in [2.45, 2.75) is 20.3 Å². The molecule has 0 aliphatic rings. The number of nitrogens with one attached hydrogen (secondary N) is 1. The van der Waals surface area contributed by atoms with E-state index in [0.29, 0.717) is 24.3 Å². The normalized spacial score (nSPS) is 10.9. The lowest BCUT2D eigenvalue weighted by atomic mass is 10.1. The lowest BCUT2D eigenvalue weighted by Gasteiger charge is -2.22. The first-order valence-electron chi connectivity index (χ1n) is 9.49. The fourth-order valence-corrected chi connectivity index (χ4v) is 2.97. The molecular formula is C23H27N3O2. The van der Waals surface area contributed by atoms with Gasteiger partial charge in [0.15, 0.2) is 0 Å². The minimum atomic E-state index is -0.381. The fraction of sp³-hybridized carbons (Fsp3) is 0.304. The number of nitriles is 1. The van der Waals surface area contributed by atoms with Gasteiger partial charge in [-0.3, -0.25) is 4.79 Å². The Balaban J connectivity index is 2.12. The van der Waals surface area contributed by atoms with Crippen LogP contribution in [0, 0.1) is 11.3 Å². The SMILES string of the molecule is CCN(CC)c1ccc(C=C(C#N)C(=O)NCCc2ccccc2)c(OC)c1. The van der Waals surface area contributed by atoms with E-state index in [0.717, 1.165) is 24.3 Å². The number of rotatable bonds is 9. The van der Waals surface area contributed by atoms with Crippen LogP contribution < -0.4 is 15.0 Å². The van der Waals surface area contributed by atoms with Crippen LogP contribution in [-0.4, -0.2) is 32.7 Å². The zero-order valence-corrected chi connectivity index (χ0v) is 16.7. The molecular weight excluding hydrogens is 350 g/mol. The van der Waals surface area contributed by atoms with E-state index in [1.54, 1.807) is 13.2 Å². The highest BCUT2D eigenvalue weighted by Crippen LogP contribution is 2.27. The monoisotopic (exact) mass is 377 g/mol. The quantitative estimate of drug-likeness (QED) is 0.533. The predicted octanol–water partition coefficient (Wildman–Crippen LogP) is 3.81. The van der Waals surface area contributed by atoms with Crippen LogP contribution >= 0.6 is 0 Å². The number of carbonyl (C=O) groups excluding carboxylic acids is 1. The molecule has 0 atom stereocenters. The van der Waals surface area contributed by atoms with Gasteiger partial charge < -0.3 is 15.0 Å². The fourth-order valence-electron chi connectivity index (χ4n) is 2.97. The second-order valence-electron chi connectivity index (χ2n) is 6.26. The third-order valence-corrected chi connectivity index (χ3v) is 4.55. The summed E-state index contributed by atoms with van der Waals surface area (Å²) in [5.74, 6) is 0.252. The number of benzene rings is 2. The molecule has 0 bridgehead atoms. The van der Waals surface area contributed by atoms with Crippen LogP contribution in [0.1, 0.15) is 25.0 Å². The van der Waals surface area contributed by atoms with E-state index in [2.05, 4.69) is 24.1 Å². The van der Waals surface area contributed by atoms with Crippen molar-refractivity contribution in [1.29, 1.82) is 5.26 Å². The summed E-state index contributed by atoms with van der Waals surface area (Å²) in [6, 6.07) is 17.7. The molecule has 2 aromatic rings. The molecule has 0 saturated heterocycles. The van der Waals surface area contributed by atoms with E-state index >= 15 is 0 Å². The Morgan fingerprint density at radius 1 is 1.18 bits per heavy atom. The van der Waals surface area contributed by atoms with Crippen LogP contribution in [0.15, 0.2) is 54.1 Å². The lowest BCUT2D eigenvalue weighted by molar-refractivity contribution is -0.117. The van der Waals surface area contributed by atoms with Crippen LogP contribution in [0.4, 0.5) is 5.69 Å². The Labute approximate surface area is 167 Å². The number of carbonyl (C=O) groups is 1. The van der Waals surface area contributed by atoms with Gasteiger partial charge in [-0.1, -0.05) is 30.3 Å². The van der Waals surface area contributed by atoms with Crippen molar-refractivity contribution in [2.24, 2.45) is 0 Å². The highest BCUT2D eigenvalue weighted by Gasteiger charge is 2.12. The second kappa shape index (κ2) is 10.8. The maximum absolute atomic E-state index is 12.4. The van der Waals surface area contributed by atoms with Gasteiger partial charge in [-0.15, -0.1) is 0 Å². The van der Waals surface area contributed by atoms with Crippen molar-refractivity contribution in [2.75, 3.05) is 31.6 Å². The molecule has 0 saturated carbocycles. The topological polar surface area (TPSA) is 65.4 Å². The van der Waals surface area contributed by atoms with Gasteiger partial charge in [0.05, 0.1) is 7.11 Å². The van der Waals surface area contributed by atoms with Gasteiger partial charge in [0.2, 0.25) is 0 Å². The highest BCUT2D eigenvalue weighted by atomic mass is 16.5. The number of anilines is 1. The Hall–Kier alpha value is -3.26. The number of amides is 1. The van der Waals surface area contributed by atoms with Crippen LogP contribution in [0.5, 0.6) is 5.75 Å². The van der Waals surface area contributed by atoms with Crippen molar-refractivity contribution < 1.29 is 9.53 Å². The molecule has 0 heterocycles. The van der Waals surface area contributed by atoms with E-state index < -0.39 is 0 Å². The third-order valence-electron chi connectivity index (χ3n) is 4.55. The summed E-state index contributed by atoms with van der Waals surface area (Å²) in [5.41, 5.74) is 2.94. The van der Waals surface area contributed by atoms with Gasteiger partial charge in [-0.2, -0.15) is 5.26 Å². The predicted molar refractivity (Wildman–Crippen MR) is 113 cm³/mol. The minimum absolute atomic E-state index is 0.0574. The summed E-state index contributed by atoms with van der Waals surface area (Å²) >= 11 is 0. The summed E-state index contributed by atoms with van der Waals surface area (Å²) in [6.45, 7) is 6.44. The first-order chi connectivity index (χ1) is 13.6. The molecule has 1 N–H and O–H groups in total. The maximum Gasteiger partial charge on any atom is 0.261 e. The molecule has 0 spiro atoms. The second-order valence-corrected chi connectivity index (χ2v) is 6.26. The van der Waals surface area contributed by atoms with Crippen molar-refractivity contribution in [3.05, 3.63) is 65.2 Å². The number of hydrogen-bond donors (Lipinski definition) is 1. The summed E-state index contributed by atoms with van der Waals surface area (Å²) in [4.78, 5) is 14.6. The van der Waals surface area contributed by atoms with Gasteiger partial charge >= 0.3 is 0 Å². The van der Waals surface area contributed by atoms with Crippen molar-refractivity contribution in [3.63, 3.8) is 0 Å². The molecule has 1 amide bonds. The van der Waals surface area contributed by atoms with Gasteiger partial charge in [0.25, 0.3) is 5.91 Å². The first kappa shape index (κ1) is 21.0. The molecule has 0 unspecified atom stereocenters. The Bertz CT molecular complexity index is 850. The molecule has 0 radical (unpaired) electrons. The molecule has 0 fully saturated rings. The first-order valence-corrected chi connectivity index (χ1v) is 9.49. The maximum atomic E-state index is 12.4. The Morgan fingerprint density at radius 2 is 1.89 bits per heavy atom. The van der Waals surface area contributed by atoms with Crippen molar-refractivity contribution in [3.8, 4) is 11.8 Å². The standard InChI is InChI=1S/C23H27N3O2/c1-4-26(5-2)21-12-11-19(22(16-21)28-3)15-20(17-24)23(27)25-14-13-18-9-7-6-8-10-18/h6-12,15-16H,4-5,13-14H2,1-3H3,(H,25,27). The molecule has 5 nitrogen and oxygen atoms in total. The number of hydrogen-bond acceptors (Lipinski definition) is 4. The number of ether oxygens (including phenoxy) is 1. The van der Waals surface area contributed by atoms with Gasteiger partial charge in [-0.25, -0.2) is 0 Å². The Morgan fingerprint density at radius 3 is 2.50 bits per heavy atom. The summed E-state index contributed by atoms with van der Waals surface area (Å²) < 4.78 is 5.48. The summed E-state index contributed by atoms with van der Waals surface area (Å²) in [7, 11) is 1.59. The van der Waals surface area contributed by atoms with Crippen molar-refractivity contribution in [1.82, 2.24) is 5.32 Å². The molecule has 0 aliphatic carbocycles. The lowest BCUT2D eigenvalue weighted by Crippen LogP contribution is -2.26. The molecule has 28 heavy (non-hydrogen) atoms. The number of nitrogens with zero attached hydrogens (tertiary/aromatic N) is 2. The van der Waals surface area contributed by atoms with Gasteiger partial charge in [-0.05, 0) is 44.0 Å². The average molecular weight is 377 g/mol. The van der Waals surface area contributed by atoms with Crippen LogP contribution in [0.25, 0.3) is 6.08 Å². The van der Waals surface area contributed by atoms with Gasteiger partial charge in [0.1, 0.15) is 17.4 Å². The third kappa shape index (κ3) is 5.62. The van der Waals surface area contributed by atoms with Crippen molar-refractivity contribution >= 4 is 17.7 Å². The van der Waals surface area contributed by atoms with E-state index in [-0.39, 0.29) is 11.5 Å². The zero-order chi connectivity index (χ0) is 20.4. The highest BCUT2D eigenvalue weighted by molar-refractivity contribution is 6.02. The van der Waals surface area contributed by atoms with Crippen LogP contribution in [-0.2, 0) is 11.2 Å². The summed E-state index contributed by atoms with van der Waals surface area (Å²) in [6.07, 6.45) is 2.29. The molecule has 5 heteroatoms. The smallest absolute Gasteiger partial charge is 0.261 e. The minimum Gasteiger partial charge on any atom is -0.496 e. The molecule has 2 aromatic carbocycles. The average Bonchev–Trinajstić information content (AvgIpc) is 2.74. The van der Waals surface area contributed by atoms with Gasteiger partial charge in [0, 0.05) is 37.0 Å². The molecule has 0 aromatic heterocycles. The van der Waals surface area contributed by atoms with E-state index in [1.165, 1.54) is 0 Å². The molecule has 2 rings (SSSR count).